The third-order valence-corrected chi connectivity index (χ3v) is 4.84. The number of nitrogens with one attached hydrogen (secondary N) is 1. The van der Waals surface area contributed by atoms with Crippen LogP contribution in [0, 0.1) is 17.2 Å². The van der Waals surface area contributed by atoms with E-state index in [0.717, 1.165) is 24.6 Å². The summed E-state index contributed by atoms with van der Waals surface area (Å²) in [6, 6.07) is 9.95. The molecule has 0 bridgehead atoms. The second-order valence-electron chi connectivity index (χ2n) is 6.38. The number of rotatable bonds is 1. The van der Waals surface area contributed by atoms with Crippen molar-refractivity contribution in [1.82, 2.24) is 5.32 Å². The predicted molar refractivity (Wildman–Crippen MR) is 78.2 cm³/mol. The molecule has 1 aliphatic heterocycles. The van der Waals surface area contributed by atoms with Crippen LogP contribution in [0.15, 0.2) is 24.3 Å². The monoisotopic (exact) mass is 270 g/mol. The van der Waals surface area contributed by atoms with Crippen molar-refractivity contribution in [2.45, 2.75) is 44.2 Å². The Labute approximate surface area is 120 Å². The first kappa shape index (κ1) is 13.6. The zero-order chi connectivity index (χ0) is 14.0. The molecule has 1 aromatic rings. The van der Waals surface area contributed by atoms with E-state index < -0.39 is 0 Å². The molecule has 20 heavy (non-hydrogen) atoms. The minimum Gasteiger partial charge on any atom is -0.370 e. The molecule has 3 rings (SSSR count). The number of morpholine rings is 1. The third-order valence-electron chi connectivity index (χ3n) is 4.84. The molecule has 0 amide bonds. The molecule has 1 aromatic carbocycles. The fraction of sp³-hybridized carbons (Fsp3) is 0.588. The Morgan fingerprint density at radius 3 is 2.80 bits per heavy atom. The lowest BCUT2D eigenvalue weighted by Gasteiger charge is -2.45. The van der Waals surface area contributed by atoms with Gasteiger partial charge in [0.15, 0.2) is 0 Å². The van der Waals surface area contributed by atoms with Crippen molar-refractivity contribution in [3.8, 4) is 6.07 Å². The molecule has 1 N–H and O–H groups in total. The van der Waals surface area contributed by atoms with Crippen molar-refractivity contribution in [2.75, 3.05) is 13.2 Å². The van der Waals surface area contributed by atoms with E-state index in [0.29, 0.717) is 5.56 Å². The normalized spacial score (nSPS) is 33.8. The van der Waals surface area contributed by atoms with Gasteiger partial charge in [0.2, 0.25) is 0 Å². The summed E-state index contributed by atoms with van der Waals surface area (Å²) in [4.78, 5) is 0. The van der Waals surface area contributed by atoms with E-state index in [2.05, 4.69) is 18.3 Å². The van der Waals surface area contributed by atoms with Crippen LogP contribution >= 0.6 is 0 Å². The first-order valence-electron chi connectivity index (χ1n) is 7.57. The van der Waals surface area contributed by atoms with E-state index in [9.17, 15) is 0 Å². The minimum atomic E-state index is 0.0771. The molecule has 1 atom stereocenters. The average molecular weight is 270 g/mol. The van der Waals surface area contributed by atoms with Gasteiger partial charge in [-0.2, -0.15) is 5.26 Å². The largest absolute Gasteiger partial charge is 0.370 e. The van der Waals surface area contributed by atoms with Crippen LogP contribution in [0.3, 0.4) is 0 Å². The molecular weight excluding hydrogens is 248 g/mol. The summed E-state index contributed by atoms with van der Waals surface area (Å²) in [6.07, 6.45) is 5.11. The van der Waals surface area contributed by atoms with Crippen molar-refractivity contribution in [2.24, 2.45) is 5.92 Å². The molecule has 106 valence electrons. The van der Waals surface area contributed by atoms with Gasteiger partial charge in [-0.05, 0) is 49.3 Å². The Balaban J connectivity index is 1.65. The molecule has 2 fully saturated rings. The Bertz CT molecular complexity index is 502. The van der Waals surface area contributed by atoms with Gasteiger partial charge >= 0.3 is 0 Å². The molecule has 1 heterocycles. The molecule has 0 radical (unpaired) electrons. The number of hydrogen-bond acceptors (Lipinski definition) is 3. The summed E-state index contributed by atoms with van der Waals surface area (Å²) in [5, 5.41) is 12.7. The second kappa shape index (κ2) is 5.55. The van der Waals surface area contributed by atoms with Gasteiger partial charge in [0.05, 0.1) is 24.3 Å². The number of ether oxygens (including phenoxy) is 1. The second-order valence-corrected chi connectivity index (χ2v) is 6.38. The topological polar surface area (TPSA) is 45.0 Å². The molecule has 2 aliphatic rings. The van der Waals surface area contributed by atoms with E-state index in [-0.39, 0.29) is 11.6 Å². The summed E-state index contributed by atoms with van der Waals surface area (Å²) < 4.78 is 6.12. The lowest BCUT2D eigenvalue weighted by molar-refractivity contribution is -0.0504. The van der Waals surface area contributed by atoms with Gasteiger partial charge in [0.25, 0.3) is 0 Å². The fourth-order valence-corrected chi connectivity index (χ4v) is 3.34. The smallest absolute Gasteiger partial charge is 0.0991 e. The average Bonchev–Trinajstić information content (AvgIpc) is 2.51. The summed E-state index contributed by atoms with van der Waals surface area (Å²) in [5.41, 5.74) is 2.02. The van der Waals surface area contributed by atoms with E-state index in [1.54, 1.807) is 0 Å². The maximum Gasteiger partial charge on any atom is 0.0991 e. The minimum absolute atomic E-state index is 0.0771. The lowest BCUT2D eigenvalue weighted by atomic mass is 9.77. The van der Waals surface area contributed by atoms with Crippen molar-refractivity contribution in [3.05, 3.63) is 35.4 Å². The molecule has 3 nitrogen and oxygen atoms in total. The van der Waals surface area contributed by atoms with Crippen molar-refractivity contribution >= 4 is 0 Å². The zero-order valence-corrected chi connectivity index (χ0v) is 12.1. The molecule has 1 unspecified atom stereocenters. The summed E-state index contributed by atoms with van der Waals surface area (Å²) >= 11 is 0. The highest BCUT2D eigenvalue weighted by Gasteiger charge is 2.38. The van der Waals surface area contributed by atoms with Gasteiger partial charge in [0, 0.05) is 12.1 Å². The third kappa shape index (κ3) is 2.72. The van der Waals surface area contributed by atoms with Gasteiger partial charge in [-0.3, -0.25) is 0 Å². The van der Waals surface area contributed by atoms with Crippen LogP contribution in [-0.2, 0) is 4.74 Å². The van der Waals surface area contributed by atoms with Gasteiger partial charge < -0.3 is 10.1 Å². The first-order chi connectivity index (χ1) is 9.71. The maximum absolute atomic E-state index is 8.98. The summed E-state index contributed by atoms with van der Waals surface area (Å²) in [6.45, 7) is 3.98. The van der Waals surface area contributed by atoms with Gasteiger partial charge in [-0.25, -0.2) is 0 Å². The van der Waals surface area contributed by atoms with Crippen molar-refractivity contribution < 1.29 is 4.74 Å². The highest BCUT2D eigenvalue weighted by molar-refractivity contribution is 5.34. The molecule has 1 spiro atoms. The summed E-state index contributed by atoms with van der Waals surface area (Å²) in [7, 11) is 0. The Hall–Kier alpha value is -1.37. The van der Waals surface area contributed by atoms with Crippen LogP contribution in [0.4, 0.5) is 0 Å². The van der Waals surface area contributed by atoms with Crippen LogP contribution in [-0.4, -0.2) is 18.7 Å². The molecule has 0 aromatic heterocycles. The lowest BCUT2D eigenvalue weighted by Crippen LogP contribution is -2.56. The standard InChI is InChI=1S/C17H22N2O/c1-13-5-7-17(8-6-13)12-20-16(11-19-17)15-4-2-3-14(9-15)10-18/h2-4,9,13,16,19H,5-8,11-12H2,1H3. The highest BCUT2D eigenvalue weighted by atomic mass is 16.5. The maximum atomic E-state index is 8.98. The van der Waals surface area contributed by atoms with E-state index in [1.807, 2.05) is 24.3 Å². The molecule has 1 saturated carbocycles. The molecular formula is C17H22N2O. The Morgan fingerprint density at radius 1 is 1.35 bits per heavy atom. The Kier molecular flexibility index (Phi) is 3.78. The SMILES string of the molecule is CC1CCC2(CC1)COC(c1cccc(C#N)c1)CN2. The summed E-state index contributed by atoms with van der Waals surface area (Å²) in [5.74, 6) is 0.854. The number of hydrogen-bond donors (Lipinski definition) is 1. The predicted octanol–water partition coefficient (Wildman–Crippen LogP) is 3.17. The van der Waals surface area contributed by atoms with Crippen LogP contribution in [0.1, 0.15) is 49.8 Å². The van der Waals surface area contributed by atoms with Crippen LogP contribution in [0.25, 0.3) is 0 Å². The van der Waals surface area contributed by atoms with E-state index in [1.165, 1.54) is 25.7 Å². The molecule has 3 heteroatoms. The number of nitrogens with zero attached hydrogens (tertiary/aromatic N) is 1. The van der Waals surface area contributed by atoms with Crippen LogP contribution in [0.5, 0.6) is 0 Å². The quantitative estimate of drug-likeness (QED) is 0.852. The molecule has 1 saturated heterocycles. The van der Waals surface area contributed by atoms with Crippen LogP contribution < -0.4 is 5.32 Å². The molecule has 1 aliphatic carbocycles. The van der Waals surface area contributed by atoms with E-state index >= 15 is 0 Å². The number of benzene rings is 1. The highest BCUT2D eigenvalue weighted by Crippen LogP contribution is 2.36. The van der Waals surface area contributed by atoms with E-state index in [4.69, 9.17) is 10.00 Å². The van der Waals surface area contributed by atoms with Crippen molar-refractivity contribution in [3.63, 3.8) is 0 Å². The van der Waals surface area contributed by atoms with Crippen LogP contribution in [0.2, 0.25) is 0 Å². The first-order valence-corrected chi connectivity index (χ1v) is 7.57. The zero-order valence-electron chi connectivity index (χ0n) is 12.1. The fourth-order valence-electron chi connectivity index (χ4n) is 3.34. The number of nitriles is 1. The van der Waals surface area contributed by atoms with Gasteiger partial charge in [0.1, 0.15) is 0 Å². The van der Waals surface area contributed by atoms with Gasteiger partial charge in [-0.15, -0.1) is 0 Å². The van der Waals surface area contributed by atoms with Crippen molar-refractivity contribution in [1.29, 1.82) is 5.26 Å². The Morgan fingerprint density at radius 2 is 2.15 bits per heavy atom. The van der Waals surface area contributed by atoms with Gasteiger partial charge in [-0.1, -0.05) is 19.1 Å².